The molecule has 0 aliphatic carbocycles. The van der Waals surface area contributed by atoms with Crippen LogP contribution in [0.3, 0.4) is 0 Å². The van der Waals surface area contributed by atoms with Crippen LogP contribution in [0.1, 0.15) is 0 Å². The van der Waals surface area contributed by atoms with E-state index in [9.17, 15) is 0 Å². The van der Waals surface area contributed by atoms with Crippen molar-refractivity contribution < 1.29 is 36.1 Å². The molecule has 2 N–H and O–H groups in total. The maximum absolute atomic E-state index is 9.12. The third kappa shape index (κ3) is 8.92. The number of carbonyl (C=O) groups is 1. The van der Waals surface area contributed by atoms with E-state index in [1.807, 2.05) is 0 Å². The van der Waals surface area contributed by atoms with E-state index >= 15 is 0 Å². The molecule has 0 unspecified atom stereocenters. The van der Waals surface area contributed by atoms with Gasteiger partial charge in [0.15, 0.2) is 0 Å². The summed E-state index contributed by atoms with van der Waals surface area (Å²) < 4.78 is 0. The van der Waals surface area contributed by atoms with Crippen LogP contribution >= 0.6 is 0 Å². The molecule has 0 aromatic rings. The SMILES string of the molecule is O=C(O)CO.[W]. The molecule has 0 bridgehead atoms. The number of hydrogen-bond donors (Lipinski definition) is 2. The molecule has 0 aliphatic rings. The van der Waals surface area contributed by atoms with Gasteiger partial charge in [0.1, 0.15) is 6.61 Å². The van der Waals surface area contributed by atoms with E-state index in [2.05, 4.69) is 0 Å². The summed E-state index contributed by atoms with van der Waals surface area (Å²) in [7, 11) is 0. The van der Waals surface area contributed by atoms with Crippen molar-refractivity contribution in [2.45, 2.75) is 0 Å². The van der Waals surface area contributed by atoms with Crippen LogP contribution in [0.25, 0.3) is 0 Å². The van der Waals surface area contributed by atoms with E-state index in [0.717, 1.165) is 0 Å². The summed E-state index contributed by atoms with van der Waals surface area (Å²) in [6.45, 7) is -0.778. The number of rotatable bonds is 1. The first-order chi connectivity index (χ1) is 2.27. The molecule has 4 heteroatoms. The van der Waals surface area contributed by atoms with E-state index in [-0.39, 0.29) is 21.1 Å². The van der Waals surface area contributed by atoms with Gasteiger partial charge >= 0.3 is 5.97 Å². The summed E-state index contributed by atoms with van der Waals surface area (Å²) in [6, 6.07) is 0. The van der Waals surface area contributed by atoms with Crippen molar-refractivity contribution in [3.05, 3.63) is 0 Å². The minimum absolute atomic E-state index is 0. The number of aliphatic hydroxyl groups is 1. The molecule has 36 valence electrons. The zero-order valence-electron chi connectivity index (χ0n) is 2.92. The Labute approximate surface area is 49.2 Å². The van der Waals surface area contributed by atoms with Gasteiger partial charge in [-0.25, -0.2) is 4.79 Å². The van der Waals surface area contributed by atoms with Gasteiger partial charge < -0.3 is 10.2 Å². The first kappa shape index (κ1) is 9.45. The Balaban J connectivity index is 0. The van der Waals surface area contributed by atoms with Crippen LogP contribution in [0, 0.1) is 0 Å². The summed E-state index contributed by atoms with van der Waals surface area (Å²) in [5.41, 5.74) is 0. The predicted octanol–water partition coefficient (Wildman–Crippen LogP) is -0.939. The van der Waals surface area contributed by atoms with E-state index in [0.29, 0.717) is 0 Å². The molecule has 0 saturated carbocycles. The first-order valence-corrected chi connectivity index (χ1v) is 1.10. The van der Waals surface area contributed by atoms with Gasteiger partial charge in [0, 0.05) is 21.1 Å². The van der Waals surface area contributed by atoms with E-state index in [1.165, 1.54) is 0 Å². The standard InChI is InChI=1S/C2H4O3.W/c3-1-2(4)5;/h3H,1H2,(H,4,5);. The number of carboxylic acid groups (broad SMARTS) is 1. The zero-order chi connectivity index (χ0) is 4.28. The second-order valence-corrected chi connectivity index (χ2v) is 0.552. The Morgan fingerprint density at radius 2 is 1.83 bits per heavy atom. The van der Waals surface area contributed by atoms with Crippen molar-refractivity contribution in [2.24, 2.45) is 0 Å². The molecule has 6 heavy (non-hydrogen) atoms. The summed E-state index contributed by atoms with van der Waals surface area (Å²) in [5, 5.41) is 15.0. The van der Waals surface area contributed by atoms with Gasteiger partial charge in [-0.15, -0.1) is 0 Å². The van der Waals surface area contributed by atoms with Crippen LogP contribution in [-0.4, -0.2) is 22.8 Å². The summed E-state index contributed by atoms with van der Waals surface area (Å²) in [6.07, 6.45) is 0. The minimum Gasteiger partial charge on any atom is -0.480 e. The molecule has 0 aromatic carbocycles. The van der Waals surface area contributed by atoms with Crippen molar-refractivity contribution in [1.82, 2.24) is 0 Å². The number of carboxylic acids is 1. The first-order valence-electron chi connectivity index (χ1n) is 1.10. The van der Waals surface area contributed by atoms with Gasteiger partial charge in [-0.05, 0) is 0 Å². The fourth-order valence-corrected chi connectivity index (χ4v) is 0. The quantitative estimate of drug-likeness (QED) is 0.639. The molecule has 0 heterocycles. The van der Waals surface area contributed by atoms with Crippen molar-refractivity contribution in [1.29, 1.82) is 0 Å². The summed E-state index contributed by atoms with van der Waals surface area (Å²) >= 11 is 0. The van der Waals surface area contributed by atoms with Crippen LogP contribution < -0.4 is 0 Å². The molecule has 0 fully saturated rings. The van der Waals surface area contributed by atoms with E-state index in [4.69, 9.17) is 15.0 Å². The van der Waals surface area contributed by atoms with Crippen LogP contribution in [0.4, 0.5) is 0 Å². The van der Waals surface area contributed by atoms with Gasteiger partial charge in [0.25, 0.3) is 0 Å². The molecular formula is C2H4O3W. The Bertz CT molecular complexity index is 44.1. The maximum Gasteiger partial charge on any atom is 0.329 e. The molecule has 0 spiro atoms. The number of aliphatic carboxylic acids is 1. The van der Waals surface area contributed by atoms with Gasteiger partial charge in [-0.1, -0.05) is 0 Å². The van der Waals surface area contributed by atoms with Crippen molar-refractivity contribution in [3.8, 4) is 0 Å². The maximum atomic E-state index is 9.12. The Morgan fingerprint density at radius 1 is 1.67 bits per heavy atom. The summed E-state index contributed by atoms with van der Waals surface area (Å²) in [4.78, 5) is 9.12. The van der Waals surface area contributed by atoms with Crippen molar-refractivity contribution >= 4 is 5.97 Å². The van der Waals surface area contributed by atoms with Crippen LogP contribution in [0.15, 0.2) is 0 Å². The summed E-state index contributed by atoms with van der Waals surface area (Å²) in [5.74, 6) is -1.19. The van der Waals surface area contributed by atoms with Gasteiger partial charge in [-0.2, -0.15) is 0 Å². The van der Waals surface area contributed by atoms with Crippen molar-refractivity contribution in [2.75, 3.05) is 6.61 Å². The zero-order valence-corrected chi connectivity index (χ0v) is 5.85. The van der Waals surface area contributed by atoms with Gasteiger partial charge in [-0.3, -0.25) is 0 Å². The molecule has 0 aliphatic heterocycles. The van der Waals surface area contributed by atoms with E-state index < -0.39 is 12.6 Å². The third-order valence-electron chi connectivity index (χ3n) is 0.135. The van der Waals surface area contributed by atoms with Crippen LogP contribution in [-0.2, 0) is 25.9 Å². The fraction of sp³-hybridized carbons (Fsp3) is 0.500. The van der Waals surface area contributed by atoms with Gasteiger partial charge in [0.2, 0.25) is 0 Å². The second-order valence-electron chi connectivity index (χ2n) is 0.552. The molecule has 0 rings (SSSR count). The predicted molar refractivity (Wildman–Crippen MR) is 14.7 cm³/mol. The number of aliphatic hydroxyl groups excluding tert-OH is 1. The average Bonchev–Trinajstić information content (AvgIpc) is 1.38. The van der Waals surface area contributed by atoms with Gasteiger partial charge in [0.05, 0.1) is 0 Å². The van der Waals surface area contributed by atoms with Crippen molar-refractivity contribution in [3.63, 3.8) is 0 Å². The molecule has 0 aromatic heterocycles. The molecule has 0 amide bonds. The topological polar surface area (TPSA) is 57.5 Å². The minimum atomic E-state index is -1.19. The Morgan fingerprint density at radius 3 is 1.83 bits per heavy atom. The van der Waals surface area contributed by atoms with E-state index in [1.54, 1.807) is 0 Å². The van der Waals surface area contributed by atoms with Crippen LogP contribution in [0.5, 0.6) is 0 Å². The molecular weight excluding hydrogens is 256 g/mol. The molecule has 0 saturated heterocycles. The fourth-order valence-electron chi connectivity index (χ4n) is 0. The second kappa shape index (κ2) is 5.12. The van der Waals surface area contributed by atoms with Crippen LogP contribution in [0.2, 0.25) is 0 Å². The monoisotopic (exact) mass is 260 g/mol. The largest absolute Gasteiger partial charge is 0.480 e. The molecule has 3 nitrogen and oxygen atoms in total. The molecule has 0 atom stereocenters. The average molecular weight is 260 g/mol. The molecule has 0 radical (unpaired) electrons. The Kier molecular flexibility index (Phi) is 8.06. The number of hydrogen-bond acceptors (Lipinski definition) is 2. The third-order valence-corrected chi connectivity index (χ3v) is 0.135. The smallest absolute Gasteiger partial charge is 0.329 e. The Hall–Kier alpha value is 0.118. The normalized spacial score (nSPS) is 6.17.